The number of anilines is 1. The second-order valence-corrected chi connectivity index (χ2v) is 6.63. The molecule has 0 fully saturated rings. The van der Waals surface area contributed by atoms with Gasteiger partial charge in [0.15, 0.2) is 18.1 Å². The van der Waals surface area contributed by atoms with Crippen molar-refractivity contribution in [3.05, 3.63) is 53.6 Å². The number of hydrogen-bond acceptors (Lipinski definition) is 7. The molecule has 0 aliphatic carbocycles. The largest absolute Gasteiger partial charge is 0.454 e. The van der Waals surface area contributed by atoms with Crippen LogP contribution in [0.3, 0.4) is 0 Å². The van der Waals surface area contributed by atoms with Crippen molar-refractivity contribution in [2.24, 2.45) is 0 Å². The first-order valence-corrected chi connectivity index (χ1v) is 9.08. The van der Waals surface area contributed by atoms with E-state index >= 15 is 0 Å². The van der Waals surface area contributed by atoms with Crippen LogP contribution in [0.15, 0.2) is 47.4 Å². The number of esters is 1. The van der Waals surface area contributed by atoms with Gasteiger partial charge in [-0.05, 0) is 66.2 Å². The first-order chi connectivity index (χ1) is 13.5. The monoisotopic (exact) mass is 396 g/mol. The molecule has 0 aromatic heterocycles. The van der Waals surface area contributed by atoms with E-state index in [1.54, 1.807) is 42.5 Å². The maximum absolute atomic E-state index is 12.0. The molecule has 28 heavy (non-hydrogen) atoms. The van der Waals surface area contributed by atoms with Crippen molar-refractivity contribution >= 4 is 35.4 Å². The molecule has 0 bridgehead atoms. The molecule has 142 valence electrons. The second kappa shape index (κ2) is 8.97. The minimum Gasteiger partial charge on any atom is -0.454 e. The number of aryl methyl sites for hydroxylation is 1. The highest BCUT2D eigenvalue weighted by molar-refractivity contribution is 8.03. The van der Waals surface area contributed by atoms with E-state index in [0.717, 1.165) is 27.8 Å². The standard InChI is InChI=1S/C20H16N2O5S/c1-13-8-15(28-11-21)4-5-16(13)22-19(23)10-25-20(24)7-3-14-2-6-17-18(9-14)27-12-26-17/h2-9H,10,12H2,1H3,(H,22,23)/b7-3+. The zero-order valence-electron chi connectivity index (χ0n) is 14.9. The van der Waals surface area contributed by atoms with Gasteiger partial charge in [0.1, 0.15) is 5.40 Å². The number of amides is 1. The fraction of sp³-hybridized carbons (Fsp3) is 0.150. The first kappa shape index (κ1) is 19.3. The predicted octanol–water partition coefficient (Wildman–Crippen LogP) is 3.49. The predicted molar refractivity (Wildman–Crippen MR) is 104 cm³/mol. The Morgan fingerprint density at radius 2 is 2.07 bits per heavy atom. The van der Waals surface area contributed by atoms with Gasteiger partial charge in [-0.15, -0.1) is 0 Å². The molecule has 2 aromatic rings. The van der Waals surface area contributed by atoms with E-state index in [1.165, 1.54) is 6.08 Å². The van der Waals surface area contributed by atoms with Crippen molar-refractivity contribution < 1.29 is 23.8 Å². The normalized spacial score (nSPS) is 11.9. The number of thioether (sulfide) groups is 1. The van der Waals surface area contributed by atoms with E-state index in [2.05, 4.69) is 5.32 Å². The maximum atomic E-state index is 12.0. The highest BCUT2D eigenvalue weighted by atomic mass is 32.2. The molecular weight excluding hydrogens is 380 g/mol. The summed E-state index contributed by atoms with van der Waals surface area (Å²) in [5.41, 5.74) is 2.15. The summed E-state index contributed by atoms with van der Waals surface area (Å²) in [7, 11) is 0. The molecule has 0 spiro atoms. The van der Waals surface area contributed by atoms with Crippen LogP contribution in [0.2, 0.25) is 0 Å². The van der Waals surface area contributed by atoms with Crippen LogP contribution in [0, 0.1) is 17.6 Å². The summed E-state index contributed by atoms with van der Waals surface area (Å²) in [4.78, 5) is 24.6. The summed E-state index contributed by atoms with van der Waals surface area (Å²) < 4.78 is 15.4. The van der Waals surface area contributed by atoms with E-state index in [-0.39, 0.29) is 6.79 Å². The minimum atomic E-state index is -0.634. The van der Waals surface area contributed by atoms with E-state index < -0.39 is 18.5 Å². The number of carbonyl (C=O) groups excluding carboxylic acids is 2. The van der Waals surface area contributed by atoms with Crippen LogP contribution in [0.5, 0.6) is 11.5 Å². The molecule has 0 saturated carbocycles. The SMILES string of the molecule is Cc1cc(SC#N)ccc1NC(=O)COC(=O)/C=C/c1ccc2c(c1)OCO2. The molecule has 3 rings (SSSR count). The highest BCUT2D eigenvalue weighted by Gasteiger charge is 2.12. The van der Waals surface area contributed by atoms with Crippen LogP contribution in [0.1, 0.15) is 11.1 Å². The minimum absolute atomic E-state index is 0.180. The number of carbonyl (C=O) groups is 2. The summed E-state index contributed by atoms with van der Waals surface area (Å²) in [6, 6.07) is 10.5. The molecule has 1 aliphatic rings. The molecule has 1 N–H and O–H groups in total. The van der Waals surface area contributed by atoms with Crippen LogP contribution >= 0.6 is 11.8 Å². The number of nitrogens with one attached hydrogen (secondary N) is 1. The Kier molecular flexibility index (Phi) is 6.19. The van der Waals surface area contributed by atoms with E-state index in [1.807, 2.05) is 12.3 Å². The Morgan fingerprint density at radius 1 is 1.25 bits per heavy atom. The van der Waals surface area contributed by atoms with Gasteiger partial charge in [0.25, 0.3) is 5.91 Å². The third kappa shape index (κ3) is 5.05. The number of ether oxygens (including phenoxy) is 3. The molecule has 2 aromatic carbocycles. The van der Waals surface area contributed by atoms with Crippen molar-refractivity contribution in [1.82, 2.24) is 0 Å². The summed E-state index contributed by atoms with van der Waals surface area (Å²) in [6.07, 6.45) is 2.81. The topological polar surface area (TPSA) is 97.7 Å². The average Bonchev–Trinajstić information content (AvgIpc) is 3.15. The van der Waals surface area contributed by atoms with Gasteiger partial charge in [-0.3, -0.25) is 4.79 Å². The van der Waals surface area contributed by atoms with Gasteiger partial charge in [0.05, 0.1) is 0 Å². The van der Waals surface area contributed by atoms with Crippen molar-refractivity contribution in [3.8, 4) is 16.9 Å². The van der Waals surface area contributed by atoms with Gasteiger partial charge >= 0.3 is 5.97 Å². The lowest BCUT2D eigenvalue weighted by Crippen LogP contribution is -2.20. The Balaban J connectivity index is 1.49. The van der Waals surface area contributed by atoms with Gasteiger partial charge in [-0.25, -0.2) is 4.79 Å². The number of nitriles is 1. The summed E-state index contributed by atoms with van der Waals surface area (Å²) >= 11 is 1.04. The summed E-state index contributed by atoms with van der Waals surface area (Å²) in [5.74, 6) is 0.189. The molecule has 1 aliphatic heterocycles. The van der Waals surface area contributed by atoms with Crippen LogP contribution in [0.25, 0.3) is 6.08 Å². The summed E-state index contributed by atoms with van der Waals surface area (Å²) in [5, 5.41) is 13.3. The van der Waals surface area contributed by atoms with Crippen LogP contribution in [-0.4, -0.2) is 25.3 Å². The molecule has 0 atom stereocenters. The second-order valence-electron chi connectivity index (χ2n) is 5.77. The number of nitrogens with zero attached hydrogens (tertiary/aromatic N) is 1. The molecule has 0 saturated heterocycles. The van der Waals surface area contributed by atoms with Gasteiger partial charge in [-0.1, -0.05) is 6.07 Å². The third-order valence-corrected chi connectivity index (χ3v) is 4.37. The lowest BCUT2D eigenvalue weighted by molar-refractivity contribution is -0.142. The molecule has 8 heteroatoms. The van der Waals surface area contributed by atoms with Gasteiger partial charge in [0, 0.05) is 16.7 Å². The number of fused-ring (bicyclic) bond motifs is 1. The van der Waals surface area contributed by atoms with E-state index in [9.17, 15) is 9.59 Å². The fourth-order valence-corrected chi connectivity index (χ4v) is 2.92. The zero-order valence-corrected chi connectivity index (χ0v) is 15.7. The lowest BCUT2D eigenvalue weighted by atomic mass is 10.2. The van der Waals surface area contributed by atoms with Gasteiger partial charge < -0.3 is 19.5 Å². The van der Waals surface area contributed by atoms with E-state index in [4.69, 9.17) is 19.5 Å². The maximum Gasteiger partial charge on any atom is 0.331 e. The Bertz CT molecular complexity index is 981. The van der Waals surface area contributed by atoms with E-state index in [0.29, 0.717) is 17.2 Å². The number of hydrogen-bond donors (Lipinski definition) is 1. The van der Waals surface area contributed by atoms with Gasteiger partial charge in [-0.2, -0.15) is 5.26 Å². The number of thiocyanates is 1. The highest BCUT2D eigenvalue weighted by Crippen LogP contribution is 2.32. The van der Waals surface area contributed by atoms with Crippen LogP contribution in [-0.2, 0) is 14.3 Å². The van der Waals surface area contributed by atoms with Crippen molar-refractivity contribution in [3.63, 3.8) is 0 Å². The van der Waals surface area contributed by atoms with Crippen LogP contribution in [0.4, 0.5) is 5.69 Å². The quantitative estimate of drug-likeness (QED) is 0.345. The fourth-order valence-electron chi connectivity index (χ4n) is 2.44. The first-order valence-electron chi connectivity index (χ1n) is 8.26. The van der Waals surface area contributed by atoms with Crippen molar-refractivity contribution in [2.45, 2.75) is 11.8 Å². The zero-order chi connectivity index (χ0) is 19.9. The molecule has 1 heterocycles. The smallest absolute Gasteiger partial charge is 0.331 e. The summed E-state index contributed by atoms with van der Waals surface area (Å²) in [6.45, 7) is 1.59. The van der Waals surface area contributed by atoms with Crippen molar-refractivity contribution in [2.75, 3.05) is 18.7 Å². The average molecular weight is 396 g/mol. The number of benzene rings is 2. The molecule has 7 nitrogen and oxygen atoms in total. The molecule has 1 amide bonds. The molecule has 0 radical (unpaired) electrons. The van der Waals surface area contributed by atoms with Gasteiger partial charge in [0.2, 0.25) is 6.79 Å². The Labute approximate surface area is 165 Å². The lowest BCUT2D eigenvalue weighted by Gasteiger charge is -2.09. The Hall–Kier alpha value is -3.44. The number of rotatable bonds is 6. The molecule has 0 unspecified atom stereocenters. The third-order valence-electron chi connectivity index (χ3n) is 3.79. The molecular formula is C20H16N2O5S. The van der Waals surface area contributed by atoms with Crippen LogP contribution < -0.4 is 14.8 Å². The van der Waals surface area contributed by atoms with Crippen molar-refractivity contribution in [1.29, 1.82) is 5.26 Å². The Morgan fingerprint density at radius 3 is 2.86 bits per heavy atom.